The molecule has 0 N–H and O–H groups in total. The first-order valence-electron chi connectivity index (χ1n) is 4.76. The van der Waals surface area contributed by atoms with Crippen molar-refractivity contribution >= 4 is 16.9 Å². The molecule has 14 heavy (non-hydrogen) atoms. The molecular formula is C10H14O3S. The van der Waals surface area contributed by atoms with Gasteiger partial charge < -0.3 is 9.47 Å². The van der Waals surface area contributed by atoms with E-state index in [1.54, 1.807) is 7.11 Å². The molecule has 0 aromatic rings. The summed E-state index contributed by atoms with van der Waals surface area (Å²) in [6.07, 6.45) is 1.98. The Hall–Kier alpha value is -0.480. The van der Waals surface area contributed by atoms with Crippen molar-refractivity contribution in [1.29, 1.82) is 0 Å². The Morgan fingerprint density at radius 3 is 2.93 bits per heavy atom. The molecular weight excluding hydrogens is 200 g/mol. The summed E-state index contributed by atoms with van der Waals surface area (Å²) in [6, 6.07) is 0. The maximum absolute atomic E-state index is 11.6. The smallest absolute Gasteiger partial charge is 0.219 e. The second-order valence-corrected chi connectivity index (χ2v) is 5.05. The highest BCUT2D eigenvalue weighted by Gasteiger charge is 2.47. The van der Waals surface area contributed by atoms with E-state index < -0.39 is 0 Å². The van der Waals surface area contributed by atoms with Crippen molar-refractivity contribution < 1.29 is 14.3 Å². The largest absolute Gasteiger partial charge is 0.499 e. The quantitative estimate of drug-likeness (QED) is 0.666. The Morgan fingerprint density at radius 2 is 2.36 bits per heavy atom. The molecule has 2 heterocycles. The lowest BCUT2D eigenvalue weighted by molar-refractivity contribution is -0.107. The Labute approximate surface area is 87.8 Å². The zero-order valence-electron chi connectivity index (χ0n) is 8.46. The number of hydrogen-bond acceptors (Lipinski definition) is 4. The molecule has 1 saturated heterocycles. The fraction of sp³-hybridized carbons (Fsp3) is 0.700. The van der Waals surface area contributed by atoms with Crippen LogP contribution in [0.3, 0.4) is 0 Å². The molecule has 0 amide bonds. The SMILES string of the molecule is COC1=C(C)C(=O)SC12CCCOC2. The predicted molar refractivity (Wildman–Crippen MR) is 55.1 cm³/mol. The van der Waals surface area contributed by atoms with E-state index in [0.29, 0.717) is 6.61 Å². The molecule has 0 bridgehead atoms. The molecule has 0 saturated carbocycles. The molecule has 78 valence electrons. The lowest BCUT2D eigenvalue weighted by atomic mass is 9.96. The van der Waals surface area contributed by atoms with Gasteiger partial charge >= 0.3 is 0 Å². The minimum atomic E-state index is -0.214. The second kappa shape index (κ2) is 3.59. The van der Waals surface area contributed by atoms with Crippen LogP contribution in [0.4, 0.5) is 0 Å². The number of hydrogen-bond donors (Lipinski definition) is 0. The molecule has 0 aliphatic carbocycles. The van der Waals surface area contributed by atoms with Gasteiger partial charge in [0.1, 0.15) is 10.5 Å². The Bertz CT molecular complexity index is 290. The first-order chi connectivity index (χ1) is 6.69. The second-order valence-electron chi connectivity index (χ2n) is 3.70. The molecule has 4 heteroatoms. The number of methoxy groups -OCH3 is 1. The van der Waals surface area contributed by atoms with Gasteiger partial charge in [0.25, 0.3) is 0 Å². The van der Waals surface area contributed by atoms with Crippen LogP contribution in [0.5, 0.6) is 0 Å². The van der Waals surface area contributed by atoms with Crippen LogP contribution >= 0.6 is 11.8 Å². The molecule has 2 aliphatic rings. The van der Waals surface area contributed by atoms with Gasteiger partial charge in [-0.15, -0.1) is 0 Å². The molecule has 1 unspecified atom stereocenters. The van der Waals surface area contributed by atoms with Gasteiger partial charge in [0.2, 0.25) is 5.12 Å². The summed E-state index contributed by atoms with van der Waals surface area (Å²) in [5, 5.41) is 0.132. The molecule has 1 fully saturated rings. The van der Waals surface area contributed by atoms with E-state index in [-0.39, 0.29) is 9.86 Å². The van der Waals surface area contributed by atoms with Crippen molar-refractivity contribution in [1.82, 2.24) is 0 Å². The zero-order valence-corrected chi connectivity index (χ0v) is 9.28. The average Bonchev–Trinajstić information content (AvgIpc) is 2.40. The first kappa shape index (κ1) is 10.1. The Morgan fingerprint density at radius 1 is 1.57 bits per heavy atom. The molecule has 0 aromatic carbocycles. The van der Waals surface area contributed by atoms with Crippen molar-refractivity contribution in [2.24, 2.45) is 0 Å². The van der Waals surface area contributed by atoms with E-state index >= 15 is 0 Å². The summed E-state index contributed by atoms with van der Waals surface area (Å²) in [6.45, 7) is 3.23. The summed E-state index contributed by atoms with van der Waals surface area (Å²) >= 11 is 1.37. The third-order valence-electron chi connectivity index (χ3n) is 2.76. The number of rotatable bonds is 1. The van der Waals surface area contributed by atoms with Gasteiger partial charge in [0, 0.05) is 12.2 Å². The van der Waals surface area contributed by atoms with Crippen LogP contribution in [0, 0.1) is 0 Å². The lowest BCUT2D eigenvalue weighted by Crippen LogP contribution is -2.36. The third-order valence-corrected chi connectivity index (χ3v) is 4.15. The molecule has 2 rings (SSSR count). The minimum absolute atomic E-state index is 0.132. The van der Waals surface area contributed by atoms with Crippen molar-refractivity contribution in [3.8, 4) is 0 Å². The average molecular weight is 214 g/mol. The van der Waals surface area contributed by atoms with Crippen molar-refractivity contribution in [3.05, 3.63) is 11.3 Å². The maximum Gasteiger partial charge on any atom is 0.219 e. The van der Waals surface area contributed by atoms with Gasteiger partial charge in [0.15, 0.2) is 0 Å². The fourth-order valence-electron chi connectivity index (χ4n) is 2.10. The molecule has 1 spiro atoms. The highest BCUT2D eigenvalue weighted by atomic mass is 32.2. The molecule has 2 aliphatic heterocycles. The van der Waals surface area contributed by atoms with Gasteiger partial charge in [0.05, 0.1) is 13.7 Å². The number of ether oxygens (including phenoxy) is 2. The molecule has 3 nitrogen and oxygen atoms in total. The number of carbonyl (C=O) groups is 1. The van der Waals surface area contributed by atoms with Crippen LogP contribution < -0.4 is 0 Å². The van der Waals surface area contributed by atoms with Crippen LogP contribution in [0.2, 0.25) is 0 Å². The van der Waals surface area contributed by atoms with Crippen molar-refractivity contribution in [2.45, 2.75) is 24.5 Å². The van der Waals surface area contributed by atoms with Gasteiger partial charge in [-0.2, -0.15) is 0 Å². The van der Waals surface area contributed by atoms with Crippen LogP contribution in [-0.4, -0.2) is 30.2 Å². The number of carbonyl (C=O) groups excluding carboxylic acids is 1. The van der Waals surface area contributed by atoms with Gasteiger partial charge in [-0.25, -0.2) is 0 Å². The molecule has 0 radical (unpaired) electrons. The zero-order chi connectivity index (χ0) is 10.2. The van der Waals surface area contributed by atoms with E-state index in [9.17, 15) is 4.79 Å². The predicted octanol–water partition coefficient (Wildman–Crippen LogP) is 1.73. The third kappa shape index (κ3) is 1.37. The monoisotopic (exact) mass is 214 g/mol. The maximum atomic E-state index is 11.6. The first-order valence-corrected chi connectivity index (χ1v) is 5.58. The summed E-state index contributed by atoms with van der Waals surface area (Å²) in [7, 11) is 1.63. The standard InChI is InChI=1S/C10H14O3S/c1-7-8(12-2)10(14-9(7)11)4-3-5-13-6-10/h3-6H2,1-2H3. The van der Waals surface area contributed by atoms with E-state index in [4.69, 9.17) is 9.47 Å². The van der Waals surface area contributed by atoms with Crippen LogP contribution in [0.25, 0.3) is 0 Å². The van der Waals surface area contributed by atoms with E-state index in [2.05, 4.69) is 0 Å². The van der Waals surface area contributed by atoms with Crippen molar-refractivity contribution in [3.63, 3.8) is 0 Å². The van der Waals surface area contributed by atoms with E-state index in [0.717, 1.165) is 30.8 Å². The highest BCUT2D eigenvalue weighted by molar-refractivity contribution is 8.15. The van der Waals surface area contributed by atoms with Crippen LogP contribution in [-0.2, 0) is 14.3 Å². The fourth-order valence-corrected chi connectivity index (χ4v) is 3.42. The summed E-state index contributed by atoms with van der Waals surface area (Å²) in [4.78, 5) is 11.6. The summed E-state index contributed by atoms with van der Waals surface area (Å²) < 4.78 is 10.6. The molecule has 0 aromatic heterocycles. The normalized spacial score (nSPS) is 32.9. The highest BCUT2D eigenvalue weighted by Crippen LogP contribution is 2.48. The van der Waals surface area contributed by atoms with Gasteiger partial charge in [-0.1, -0.05) is 11.8 Å². The van der Waals surface area contributed by atoms with Crippen molar-refractivity contribution in [2.75, 3.05) is 20.3 Å². The van der Waals surface area contributed by atoms with E-state index in [1.807, 2.05) is 6.92 Å². The summed E-state index contributed by atoms with van der Waals surface area (Å²) in [5.41, 5.74) is 0.753. The lowest BCUT2D eigenvalue weighted by Gasteiger charge is -2.33. The summed E-state index contributed by atoms with van der Waals surface area (Å²) in [5.74, 6) is 0.826. The van der Waals surface area contributed by atoms with Gasteiger partial charge in [-0.05, 0) is 19.8 Å². The number of thioether (sulfide) groups is 1. The van der Waals surface area contributed by atoms with E-state index in [1.165, 1.54) is 11.8 Å². The Balaban J connectivity index is 2.32. The van der Waals surface area contributed by atoms with Crippen LogP contribution in [0.1, 0.15) is 19.8 Å². The topological polar surface area (TPSA) is 35.5 Å². The minimum Gasteiger partial charge on any atom is -0.499 e. The Kier molecular flexibility index (Phi) is 2.58. The molecule has 1 atom stereocenters. The van der Waals surface area contributed by atoms with Gasteiger partial charge in [-0.3, -0.25) is 4.79 Å². The van der Waals surface area contributed by atoms with Crippen LogP contribution in [0.15, 0.2) is 11.3 Å².